The van der Waals surface area contributed by atoms with E-state index in [2.05, 4.69) is 18.3 Å². The molecule has 0 amide bonds. The molecular weight excluding hydrogens is 278 g/mol. The van der Waals surface area contributed by atoms with E-state index in [4.69, 9.17) is 9.47 Å². The Labute approximate surface area is 134 Å². The maximum absolute atomic E-state index is 11.9. The molecule has 0 aliphatic heterocycles. The number of ether oxygens (including phenoxy) is 2. The monoisotopic (exact) mass is 307 g/mol. The van der Waals surface area contributed by atoms with Gasteiger partial charge in [-0.25, -0.2) is 4.79 Å². The lowest BCUT2D eigenvalue weighted by Crippen LogP contribution is -2.39. The number of esters is 1. The summed E-state index contributed by atoms with van der Waals surface area (Å²) >= 11 is 0. The molecule has 0 heterocycles. The molecule has 4 nitrogen and oxygen atoms in total. The van der Waals surface area contributed by atoms with E-state index < -0.39 is 5.60 Å². The Balaban J connectivity index is 2.54. The summed E-state index contributed by atoms with van der Waals surface area (Å²) in [5.74, 6) is 0.362. The average molecular weight is 307 g/mol. The Morgan fingerprint density at radius 1 is 1.23 bits per heavy atom. The first-order valence-corrected chi connectivity index (χ1v) is 8.15. The summed E-state index contributed by atoms with van der Waals surface area (Å²) < 4.78 is 10.9. The van der Waals surface area contributed by atoms with Crippen LogP contribution < -0.4 is 10.1 Å². The van der Waals surface area contributed by atoms with E-state index >= 15 is 0 Å². The van der Waals surface area contributed by atoms with Crippen molar-refractivity contribution in [3.8, 4) is 5.75 Å². The molecule has 1 N–H and O–H groups in total. The Bertz CT molecular complexity index is 457. The summed E-state index contributed by atoms with van der Waals surface area (Å²) in [6.07, 6.45) is 3.24. The third-order valence-corrected chi connectivity index (χ3v) is 3.28. The summed E-state index contributed by atoms with van der Waals surface area (Å²) in [6.45, 7) is 9.86. The second-order valence-corrected chi connectivity index (χ2v) is 5.83. The molecule has 0 saturated carbocycles. The molecule has 124 valence electrons. The highest BCUT2D eigenvalue weighted by molar-refractivity contribution is 5.79. The van der Waals surface area contributed by atoms with E-state index in [0.29, 0.717) is 12.4 Å². The van der Waals surface area contributed by atoms with Crippen LogP contribution in [0.5, 0.6) is 5.75 Å². The van der Waals surface area contributed by atoms with Crippen LogP contribution in [0.25, 0.3) is 0 Å². The lowest BCUT2D eigenvalue weighted by Gasteiger charge is -2.24. The first kappa shape index (κ1) is 18.5. The zero-order chi connectivity index (χ0) is 16.4. The van der Waals surface area contributed by atoms with Gasteiger partial charge in [0.05, 0.1) is 6.61 Å². The van der Waals surface area contributed by atoms with E-state index in [1.165, 1.54) is 5.56 Å². The molecule has 0 bridgehead atoms. The van der Waals surface area contributed by atoms with E-state index in [1.54, 1.807) is 20.8 Å². The first-order valence-electron chi connectivity index (χ1n) is 8.15. The van der Waals surface area contributed by atoms with Crippen LogP contribution in [-0.4, -0.2) is 31.3 Å². The summed E-state index contributed by atoms with van der Waals surface area (Å²) in [7, 11) is 0. The van der Waals surface area contributed by atoms with Gasteiger partial charge < -0.3 is 14.8 Å². The SMILES string of the molecule is CCCNCCCc1cccc(OC(C)(C)C(=O)OCC)c1. The minimum atomic E-state index is -0.975. The van der Waals surface area contributed by atoms with Crippen molar-refractivity contribution in [2.45, 2.75) is 52.6 Å². The van der Waals surface area contributed by atoms with Crippen molar-refractivity contribution in [2.75, 3.05) is 19.7 Å². The van der Waals surface area contributed by atoms with Crippen LogP contribution in [0.3, 0.4) is 0 Å². The van der Waals surface area contributed by atoms with Gasteiger partial charge in [0.25, 0.3) is 0 Å². The summed E-state index contributed by atoms with van der Waals surface area (Å²) in [5, 5.41) is 3.39. The predicted octanol–water partition coefficient (Wildman–Crippen LogP) is 3.34. The molecule has 0 fully saturated rings. The lowest BCUT2D eigenvalue weighted by molar-refractivity contribution is -0.158. The van der Waals surface area contributed by atoms with E-state index in [-0.39, 0.29) is 5.97 Å². The molecule has 0 radical (unpaired) electrons. The summed E-state index contributed by atoms with van der Waals surface area (Å²) in [6, 6.07) is 7.93. The molecule has 0 saturated heterocycles. The average Bonchev–Trinajstić information content (AvgIpc) is 2.47. The number of hydrogen-bond acceptors (Lipinski definition) is 4. The van der Waals surface area contributed by atoms with Crippen molar-refractivity contribution in [3.05, 3.63) is 29.8 Å². The van der Waals surface area contributed by atoms with E-state index in [0.717, 1.165) is 32.4 Å². The molecule has 0 aliphatic rings. The number of rotatable bonds is 10. The molecule has 1 rings (SSSR count). The lowest BCUT2D eigenvalue weighted by atomic mass is 10.1. The molecule has 0 unspecified atom stereocenters. The summed E-state index contributed by atoms with van der Waals surface area (Å²) in [4.78, 5) is 11.9. The molecule has 22 heavy (non-hydrogen) atoms. The highest BCUT2D eigenvalue weighted by Crippen LogP contribution is 2.21. The second-order valence-electron chi connectivity index (χ2n) is 5.83. The van der Waals surface area contributed by atoms with Gasteiger partial charge in [-0.1, -0.05) is 19.1 Å². The maximum Gasteiger partial charge on any atom is 0.349 e. The van der Waals surface area contributed by atoms with Crippen LogP contribution in [0.1, 0.15) is 46.1 Å². The van der Waals surface area contributed by atoms with Gasteiger partial charge in [-0.3, -0.25) is 0 Å². The number of aryl methyl sites for hydroxylation is 1. The number of nitrogens with one attached hydrogen (secondary N) is 1. The van der Waals surface area contributed by atoms with Crippen LogP contribution >= 0.6 is 0 Å². The highest BCUT2D eigenvalue weighted by atomic mass is 16.6. The number of benzene rings is 1. The van der Waals surface area contributed by atoms with E-state index in [1.807, 2.05) is 18.2 Å². The smallest absolute Gasteiger partial charge is 0.349 e. The van der Waals surface area contributed by atoms with E-state index in [9.17, 15) is 4.79 Å². The quantitative estimate of drug-likeness (QED) is 0.532. The fourth-order valence-electron chi connectivity index (χ4n) is 2.12. The highest BCUT2D eigenvalue weighted by Gasteiger charge is 2.31. The van der Waals surface area contributed by atoms with Crippen LogP contribution in [0.2, 0.25) is 0 Å². The van der Waals surface area contributed by atoms with Crippen molar-refractivity contribution in [1.29, 1.82) is 0 Å². The van der Waals surface area contributed by atoms with Gasteiger partial charge in [0, 0.05) is 0 Å². The van der Waals surface area contributed by atoms with Gasteiger partial charge in [-0.15, -0.1) is 0 Å². The van der Waals surface area contributed by atoms with Crippen molar-refractivity contribution in [1.82, 2.24) is 5.32 Å². The molecule has 0 aliphatic carbocycles. The van der Waals surface area contributed by atoms with Crippen LogP contribution in [0.15, 0.2) is 24.3 Å². The largest absolute Gasteiger partial charge is 0.476 e. The molecule has 4 heteroatoms. The van der Waals surface area contributed by atoms with Crippen LogP contribution in [0, 0.1) is 0 Å². The molecular formula is C18H29NO3. The van der Waals surface area contributed by atoms with Gasteiger partial charge in [-0.05, 0) is 70.8 Å². The Hall–Kier alpha value is -1.55. The minimum Gasteiger partial charge on any atom is -0.476 e. The topological polar surface area (TPSA) is 47.6 Å². The zero-order valence-corrected chi connectivity index (χ0v) is 14.3. The van der Waals surface area contributed by atoms with Gasteiger partial charge in [0.15, 0.2) is 5.60 Å². The molecule has 1 aromatic carbocycles. The van der Waals surface area contributed by atoms with Gasteiger partial charge in [0.2, 0.25) is 0 Å². The Morgan fingerprint density at radius 2 is 2.00 bits per heavy atom. The fourth-order valence-corrected chi connectivity index (χ4v) is 2.12. The molecule has 0 atom stereocenters. The third-order valence-electron chi connectivity index (χ3n) is 3.28. The van der Waals surface area contributed by atoms with Crippen molar-refractivity contribution >= 4 is 5.97 Å². The molecule has 0 spiro atoms. The van der Waals surface area contributed by atoms with Crippen molar-refractivity contribution < 1.29 is 14.3 Å². The number of carbonyl (C=O) groups excluding carboxylic acids is 1. The van der Waals surface area contributed by atoms with Crippen molar-refractivity contribution in [2.24, 2.45) is 0 Å². The maximum atomic E-state index is 11.9. The standard InChI is InChI=1S/C18H29NO3/c1-5-12-19-13-8-10-15-9-7-11-16(14-15)22-18(3,4)17(20)21-6-2/h7,9,11,14,19H,5-6,8,10,12-13H2,1-4H3. The van der Waals surface area contributed by atoms with Crippen LogP contribution in [0.4, 0.5) is 0 Å². The summed E-state index contributed by atoms with van der Waals surface area (Å²) in [5.41, 5.74) is 0.243. The number of carbonyl (C=O) groups is 1. The Kier molecular flexibility index (Phi) is 7.96. The first-order chi connectivity index (χ1) is 10.5. The minimum absolute atomic E-state index is 0.343. The fraction of sp³-hybridized carbons (Fsp3) is 0.611. The normalized spacial score (nSPS) is 11.3. The molecule has 0 aromatic heterocycles. The Morgan fingerprint density at radius 3 is 2.68 bits per heavy atom. The third kappa shape index (κ3) is 6.48. The second kappa shape index (κ2) is 9.46. The molecule has 1 aromatic rings. The van der Waals surface area contributed by atoms with Gasteiger partial charge >= 0.3 is 5.97 Å². The number of hydrogen-bond donors (Lipinski definition) is 1. The van der Waals surface area contributed by atoms with Gasteiger partial charge in [-0.2, -0.15) is 0 Å². The zero-order valence-electron chi connectivity index (χ0n) is 14.3. The van der Waals surface area contributed by atoms with Crippen molar-refractivity contribution in [3.63, 3.8) is 0 Å². The van der Waals surface area contributed by atoms with Gasteiger partial charge in [0.1, 0.15) is 5.75 Å². The van der Waals surface area contributed by atoms with Crippen LogP contribution in [-0.2, 0) is 16.0 Å². The predicted molar refractivity (Wildman–Crippen MR) is 89.3 cm³/mol.